The van der Waals surface area contributed by atoms with Gasteiger partial charge >= 0.3 is 92.4 Å². The molecule has 0 radical (unpaired) electrons. The van der Waals surface area contributed by atoms with Gasteiger partial charge in [0.05, 0.1) is 7.11 Å². The van der Waals surface area contributed by atoms with Gasteiger partial charge in [-0.3, -0.25) is 0 Å². The van der Waals surface area contributed by atoms with Crippen molar-refractivity contribution in [1.29, 1.82) is 0 Å². The number of hydrogen-bond donors (Lipinski definition) is 0. The molecule has 0 saturated heterocycles. The zero-order chi connectivity index (χ0) is 30.9. The molecule has 1 aliphatic rings. The Labute approximate surface area is 265 Å². The molecule has 220 valence electrons. The van der Waals surface area contributed by atoms with Gasteiger partial charge in [0.2, 0.25) is 0 Å². The molecule has 4 rings (SSSR count). The number of allylic oxidation sites excluding steroid dienone is 6. The van der Waals surface area contributed by atoms with Gasteiger partial charge in [-0.1, -0.05) is 93.6 Å². The van der Waals surface area contributed by atoms with E-state index in [9.17, 15) is 0 Å². The average molecular weight is 613 g/mol. The largest absolute Gasteiger partial charge is 0.497 e. The van der Waals surface area contributed by atoms with Gasteiger partial charge in [0.1, 0.15) is 17.3 Å². The van der Waals surface area contributed by atoms with Crippen molar-refractivity contribution >= 4 is 18.5 Å². The van der Waals surface area contributed by atoms with Gasteiger partial charge in [-0.05, 0) is 35.2 Å². The van der Waals surface area contributed by atoms with Gasteiger partial charge in [0, 0.05) is 11.1 Å². The topological polar surface area (TPSA) is 18.5 Å². The summed E-state index contributed by atoms with van der Waals surface area (Å²) in [5, 5.41) is 0. The van der Waals surface area contributed by atoms with E-state index >= 15 is 0 Å². The van der Waals surface area contributed by atoms with E-state index in [4.69, 9.17) is 9.47 Å². The predicted octanol–water partition coefficient (Wildman–Crippen LogP) is 10.6. The first-order valence-corrected chi connectivity index (χ1v) is 21.3. The molecule has 1 unspecified atom stereocenters. The number of methoxy groups -OCH3 is 1. The molecule has 0 N–H and O–H groups in total. The second-order valence-corrected chi connectivity index (χ2v) is 22.4. The number of benzene rings is 3. The van der Waals surface area contributed by atoms with Crippen molar-refractivity contribution in [3.63, 3.8) is 0 Å². The first-order valence-electron chi connectivity index (χ1n) is 14.9. The third-order valence-corrected chi connectivity index (χ3v) is 14.0. The Morgan fingerprint density at radius 1 is 0.786 bits per heavy atom. The zero-order valence-electron chi connectivity index (χ0n) is 27.2. The molecule has 0 heterocycles. The maximum absolute atomic E-state index is 6.42. The molecule has 0 spiro atoms. The summed E-state index contributed by atoms with van der Waals surface area (Å²) in [5.74, 6) is 3.33. The summed E-state index contributed by atoms with van der Waals surface area (Å²) in [5.41, 5.74) is 8.05. The minimum Gasteiger partial charge on any atom is -0.497 e. The van der Waals surface area contributed by atoms with Crippen LogP contribution in [-0.4, -0.2) is 13.8 Å². The molecule has 42 heavy (non-hydrogen) atoms. The average Bonchev–Trinajstić information content (AvgIpc) is 3.15. The number of para-hydroxylation sites is 1. The van der Waals surface area contributed by atoms with Gasteiger partial charge in [-0.15, -0.1) is 0 Å². The van der Waals surface area contributed by atoms with Crippen LogP contribution in [0, 0.1) is 11.3 Å². The van der Waals surface area contributed by atoms with Crippen LogP contribution in [0.25, 0.3) is 11.8 Å². The van der Waals surface area contributed by atoms with E-state index in [1.54, 1.807) is 23.8 Å². The van der Waals surface area contributed by atoms with E-state index in [1.165, 1.54) is 0 Å². The van der Waals surface area contributed by atoms with Crippen LogP contribution < -0.4 is 9.47 Å². The van der Waals surface area contributed by atoms with Gasteiger partial charge in [0.15, 0.2) is 0 Å². The van der Waals surface area contributed by atoms with Crippen molar-refractivity contribution < 1.29 is 27.9 Å². The Hall–Kier alpha value is -2.85. The monoisotopic (exact) mass is 612 g/mol. The van der Waals surface area contributed by atoms with Crippen LogP contribution in [0.4, 0.5) is 0 Å². The molecule has 1 atom stereocenters. The summed E-state index contributed by atoms with van der Waals surface area (Å²) in [6.07, 6.45) is 4.28. The van der Waals surface area contributed by atoms with Gasteiger partial charge in [-0.2, -0.15) is 0 Å². The Kier molecular flexibility index (Phi) is 12.5. The second kappa shape index (κ2) is 15.6. The molecule has 0 fully saturated rings. The summed E-state index contributed by atoms with van der Waals surface area (Å²) in [6, 6.07) is 28.3. The van der Waals surface area contributed by atoms with Crippen molar-refractivity contribution in [2.24, 2.45) is 11.3 Å². The molecule has 1 aliphatic carbocycles. The van der Waals surface area contributed by atoms with Crippen molar-refractivity contribution in [3.8, 4) is 11.5 Å². The first kappa shape index (κ1) is 33.7. The minimum atomic E-state index is -0.315. The molecule has 3 aromatic rings. The maximum atomic E-state index is 6.42. The Morgan fingerprint density at radius 2 is 1.36 bits per heavy atom. The normalized spacial score (nSPS) is 15.9. The van der Waals surface area contributed by atoms with Crippen LogP contribution in [0.3, 0.4) is 0 Å². The summed E-state index contributed by atoms with van der Waals surface area (Å²) >= 11 is 0.267. The van der Waals surface area contributed by atoms with E-state index in [1.807, 2.05) is 64.5 Å². The summed E-state index contributed by atoms with van der Waals surface area (Å²) in [7, 11) is 1.68. The quantitative estimate of drug-likeness (QED) is 0.143. The van der Waals surface area contributed by atoms with Crippen LogP contribution in [0.2, 0.25) is 13.1 Å². The van der Waals surface area contributed by atoms with E-state index < -0.39 is 0 Å². The third kappa shape index (κ3) is 9.33. The Balaban J connectivity index is 0.000000312. The van der Waals surface area contributed by atoms with Crippen LogP contribution in [0.15, 0.2) is 117 Å². The van der Waals surface area contributed by atoms with Crippen LogP contribution in [0.5, 0.6) is 11.5 Å². The molecule has 3 aromatic carbocycles. The molecule has 0 bridgehead atoms. The molecule has 0 saturated carbocycles. The molecule has 2 nitrogen and oxygen atoms in total. The number of rotatable bonds is 8. The van der Waals surface area contributed by atoms with E-state index in [0.717, 1.165) is 39.9 Å². The molecule has 0 aliphatic heterocycles. The summed E-state index contributed by atoms with van der Waals surface area (Å²) in [6.45, 7) is 20.6. The smallest absolute Gasteiger partial charge is 0.138 e. The van der Waals surface area contributed by atoms with Crippen LogP contribution in [-0.2, 0) is 18.4 Å². The van der Waals surface area contributed by atoms with Crippen molar-refractivity contribution in [2.75, 3.05) is 7.11 Å². The van der Waals surface area contributed by atoms with E-state index in [0.29, 0.717) is 0 Å². The molecule has 0 amide bonds. The fourth-order valence-electron chi connectivity index (χ4n) is 4.93. The summed E-state index contributed by atoms with van der Waals surface area (Å²) in [4.78, 5) is 0. The minimum absolute atomic E-state index is 0.108. The zero-order valence-corrected chi connectivity index (χ0v) is 29.9. The fourth-order valence-corrected chi connectivity index (χ4v) is 11.8. The van der Waals surface area contributed by atoms with E-state index in [-0.39, 0.29) is 30.5 Å². The SMILES string of the molecule is CC1=C(C)C(C)[C]([Ti][SiH](C)C)=C1C.COc1ccc(C=CC(=C(Oc2ccccc2)c2ccccc2)C(C)(C)C)cc1. The second-order valence-electron chi connectivity index (χ2n) is 12.2. The van der Waals surface area contributed by atoms with Crippen molar-refractivity contribution in [2.45, 2.75) is 61.6 Å². The predicted molar refractivity (Wildman–Crippen MR) is 181 cm³/mol. The van der Waals surface area contributed by atoms with Gasteiger partial charge < -0.3 is 9.47 Å². The summed E-state index contributed by atoms with van der Waals surface area (Å²) < 4.78 is 13.5. The van der Waals surface area contributed by atoms with Crippen molar-refractivity contribution in [1.82, 2.24) is 0 Å². The van der Waals surface area contributed by atoms with Crippen LogP contribution >= 0.6 is 0 Å². The van der Waals surface area contributed by atoms with Crippen molar-refractivity contribution in [3.05, 3.63) is 128 Å². The fraction of sp³-hybridized carbons (Fsp3) is 0.316. The van der Waals surface area contributed by atoms with E-state index in [2.05, 4.69) is 98.0 Å². The first-order chi connectivity index (χ1) is 19.9. The molecular weight excluding hydrogens is 564 g/mol. The maximum Gasteiger partial charge on any atom is 0.138 e. The molecular formula is C38H48O2SiTi. The Bertz CT molecular complexity index is 1420. The van der Waals surface area contributed by atoms with Gasteiger partial charge in [-0.25, -0.2) is 0 Å². The van der Waals surface area contributed by atoms with Gasteiger partial charge in [0.25, 0.3) is 0 Å². The Morgan fingerprint density at radius 3 is 1.83 bits per heavy atom. The number of hydrogen-bond acceptors (Lipinski definition) is 2. The van der Waals surface area contributed by atoms with Crippen LogP contribution in [0.1, 0.15) is 59.6 Å². The standard InChI is InChI=1S/C27H28O2.C9H13.C2H7Si.Ti/c1-27(2,3)25(20-17-21-15-18-23(28-4)19-16-21)26(22-11-7-5-8-12-22)29-24-13-9-6-10-14-24;1-6-5-7(2)9(4)8(6)3;1-3-2;/h5-20H,1-4H3;6H,1-4H3;3H,1-2H3;. The third-order valence-electron chi connectivity index (χ3n) is 7.69. The molecule has 0 aromatic heterocycles. The number of ether oxygens (including phenoxy) is 2. The molecule has 4 heteroatoms.